The topological polar surface area (TPSA) is 78.9 Å². The second-order valence-electron chi connectivity index (χ2n) is 13.3. The summed E-state index contributed by atoms with van der Waals surface area (Å²) in [7, 11) is 0. The van der Waals surface area contributed by atoms with Crippen molar-refractivity contribution in [2.24, 2.45) is 0 Å². The average molecular weight is 699 g/mol. The highest BCUT2D eigenvalue weighted by Gasteiger charge is 2.19. The number of ether oxygens (including phenoxy) is 3. The molecule has 0 aliphatic rings. The summed E-state index contributed by atoms with van der Waals surface area (Å²) in [6.45, 7) is 6.35. The zero-order valence-corrected chi connectivity index (χ0v) is 32.4. The van der Waals surface area contributed by atoms with Crippen molar-refractivity contribution in [3.63, 3.8) is 0 Å². The maximum atomic E-state index is 12.6. The third-order valence-electron chi connectivity index (χ3n) is 8.35. The number of carbonyl (C=O) groups excluding carboxylic acids is 3. The van der Waals surface area contributed by atoms with E-state index < -0.39 is 6.10 Å². The van der Waals surface area contributed by atoms with Crippen LogP contribution in [0.2, 0.25) is 0 Å². The Bertz CT molecular complexity index is 944. The Morgan fingerprint density at radius 2 is 0.820 bits per heavy atom. The first-order chi connectivity index (χ1) is 24.5. The number of unbranched alkanes of at least 4 members (excludes halogenated alkanes) is 17. The normalized spacial score (nSPS) is 12.6. The quantitative estimate of drug-likeness (QED) is 0.0215. The van der Waals surface area contributed by atoms with E-state index in [-0.39, 0.29) is 31.1 Å². The molecule has 0 aromatic heterocycles. The van der Waals surface area contributed by atoms with E-state index in [4.69, 9.17) is 14.2 Å². The fourth-order valence-corrected chi connectivity index (χ4v) is 5.28. The van der Waals surface area contributed by atoms with Gasteiger partial charge in [-0.25, -0.2) is 0 Å². The predicted octanol–water partition coefficient (Wildman–Crippen LogP) is 12.6. The van der Waals surface area contributed by atoms with Gasteiger partial charge < -0.3 is 14.2 Å². The third kappa shape index (κ3) is 36.4. The van der Waals surface area contributed by atoms with Crippen LogP contribution in [0.1, 0.15) is 181 Å². The van der Waals surface area contributed by atoms with E-state index in [1.165, 1.54) is 70.6 Å². The highest BCUT2D eigenvalue weighted by Crippen LogP contribution is 2.13. The first-order valence-corrected chi connectivity index (χ1v) is 20.3. The smallest absolute Gasteiger partial charge is 0.306 e. The van der Waals surface area contributed by atoms with Gasteiger partial charge in [-0.3, -0.25) is 14.4 Å². The lowest BCUT2D eigenvalue weighted by molar-refractivity contribution is -0.167. The Morgan fingerprint density at radius 3 is 1.38 bits per heavy atom. The van der Waals surface area contributed by atoms with Gasteiger partial charge in [-0.2, -0.15) is 0 Å². The molecule has 1 atom stereocenters. The van der Waals surface area contributed by atoms with Crippen molar-refractivity contribution >= 4 is 17.9 Å². The Kier molecular flexibility index (Phi) is 36.7. The molecule has 0 radical (unpaired) electrons. The lowest BCUT2D eigenvalue weighted by Crippen LogP contribution is -2.30. The van der Waals surface area contributed by atoms with Crippen LogP contribution in [0.15, 0.2) is 60.8 Å². The predicted molar refractivity (Wildman–Crippen MR) is 210 cm³/mol. The van der Waals surface area contributed by atoms with Crippen molar-refractivity contribution in [2.75, 3.05) is 13.2 Å². The molecular weight excluding hydrogens is 624 g/mol. The number of esters is 3. The molecule has 6 heteroatoms. The maximum Gasteiger partial charge on any atom is 0.306 e. The van der Waals surface area contributed by atoms with Gasteiger partial charge in [0.25, 0.3) is 0 Å². The van der Waals surface area contributed by atoms with Crippen LogP contribution < -0.4 is 0 Å². The molecule has 0 aromatic rings. The summed E-state index contributed by atoms with van der Waals surface area (Å²) in [5.41, 5.74) is 0. The van der Waals surface area contributed by atoms with Crippen molar-refractivity contribution in [1.82, 2.24) is 0 Å². The lowest BCUT2D eigenvalue weighted by Gasteiger charge is -2.18. The molecule has 1 unspecified atom stereocenters. The minimum Gasteiger partial charge on any atom is -0.462 e. The van der Waals surface area contributed by atoms with E-state index in [0.29, 0.717) is 25.7 Å². The Labute approximate surface area is 307 Å². The summed E-state index contributed by atoms with van der Waals surface area (Å²) in [5, 5.41) is 0. The molecule has 6 nitrogen and oxygen atoms in total. The molecule has 0 bridgehead atoms. The van der Waals surface area contributed by atoms with Gasteiger partial charge in [0.05, 0.1) is 0 Å². The van der Waals surface area contributed by atoms with Crippen LogP contribution in [0.25, 0.3) is 0 Å². The molecule has 50 heavy (non-hydrogen) atoms. The molecule has 0 N–H and O–H groups in total. The fraction of sp³-hybridized carbons (Fsp3) is 0.705. The summed E-state index contributed by atoms with van der Waals surface area (Å²) in [6, 6.07) is 0. The summed E-state index contributed by atoms with van der Waals surface area (Å²) in [6.07, 6.45) is 45.0. The first kappa shape index (κ1) is 47.1. The van der Waals surface area contributed by atoms with Crippen molar-refractivity contribution in [3.8, 4) is 0 Å². The van der Waals surface area contributed by atoms with Crippen LogP contribution in [0.5, 0.6) is 0 Å². The van der Waals surface area contributed by atoms with Crippen molar-refractivity contribution in [2.45, 2.75) is 187 Å². The Balaban J connectivity index is 4.48. The zero-order valence-electron chi connectivity index (χ0n) is 32.4. The van der Waals surface area contributed by atoms with Crippen LogP contribution in [-0.2, 0) is 28.6 Å². The number of hydrogen-bond acceptors (Lipinski definition) is 6. The van der Waals surface area contributed by atoms with Gasteiger partial charge >= 0.3 is 17.9 Å². The number of rotatable bonds is 35. The SMILES string of the molecule is CC\C=C/C=C\C=C/C=C\CCCCCC(=O)OCC(COC(=O)CCC/C=C\CCCCCC)OC(=O)CCCCCCCCCCCC. The summed E-state index contributed by atoms with van der Waals surface area (Å²) >= 11 is 0. The van der Waals surface area contributed by atoms with Gasteiger partial charge in [0.2, 0.25) is 0 Å². The van der Waals surface area contributed by atoms with Crippen molar-refractivity contribution < 1.29 is 28.6 Å². The molecule has 286 valence electrons. The summed E-state index contributed by atoms with van der Waals surface area (Å²) in [5.74, 6) is -0.984. The zero-order chi connectivity index (χ0) is 36.6. The molecule has 0 heterocycles. The van der Waals surface area contributed by atoms with Crippen LogP contribution >= 0.6 is 0 Å². The highest BCUT2D eigenvalue weighted by molar-refractivity contribution is 5.71. The summed E-state index contributed by atoms with van der Waals surface area (Å²) < 4.78 is 16.5. The number of allylic oxidation sites excluding steroid dienone is 10. The standard InChI is InChI=1S/C44H74O6/c1-4-7-10-13-16-19-21-22-23-26-28-31-34-37-43(46)49-40-41(39-48-42(45)36-33-30-27-24-18-15-12-9-6-3)50-44(47)38-35-32-29-25-20-17-14-11-8-5-2/h7,10,13,16,19,21-24,27,41H,4-6,8-9,11-12,14-15,17-18,20,25-26,28-40H2,1-3H3/b10-7-,16-13-,21-19-,23-22-,27-24-. The molecule has 0 aliphatic carbocycles. The Hall–Kier alpha value is -2.89. The average Bonchev–Trinajstić information content (AvgIpc) is 3.11. The van der Waals surface area contributed by atoms with E-state index in [1.54, 1.807) is 0 Å². The molecule has 0 spiro atoms. The molecule has 0 amide bonds. The maximum absolute atomic E-state index is 12.6. The highest BCUT2D eigenvalue weighted by atomic mass is 16.6. The van der Waals surface area contributed by atoms with E-state index in [1.807, 2.05) is 36.5 Å². The first-order valence-electron chi connectivity index (χ1n) is 20.3. The van der Waals surface area contributed by atoms with Crippen LogP contribution in [-0.4, -0.2) is 37.2 Å². The van der Waals surface area contributed by atoms with Crippen molar-refractivity contribution in [1.29, 1.82) is 0 Å². The van der Waals surface area contributed by atoms with Gasteiger partial charge in [0.1, 0.15) is 13.2 Å². The monoisotopic (exact) mass is 699 g/mol. The minimum absolute atomic E-state index is 0.102. The van der Waals surface area contributed by atoms with E-state index in [2.05, 4.69) is 45.1 Å². The van der Waals surface area contributed by atoms with Crippen LogP contribution in [0, 0.1) is 0 Å². The number of hydrogen-bond donors (Lipinski definition) is 0. The lowest BCUT2D eigenvalue weighted by atomic mass is 10.1. The largest absolute Gasteiger partial charge is 0.462 e. The molecule has 0 rings (SSSR count). The second kappa shape index (κ2) is 38.9. The van der Waals surface area contributed by atoms with E-state index >= 15 is 0 Å². The molecule has 0 aliphatic heterocycles. The minimum atomic E-state index is -0.794. The van der Waals surface area contributed by atoms with E-state index in [9.17, 15) is 14.4 Å². The van der Waals surface area contributed by atoms with Crippen LogP contribution in [0.3, 0.4) is 0 Å². The molecular formula is C44H74O6. The molecule has 0 fully saturated rings. The van der Waals surface area contributed by atoms with Crippen LogP contribution in [0.4, 0.5) is 0 Å². The van der Waals surface area contributed by atoms with Gasteiger partial charge in [0, 0.05) is 19.3 Å². The van der Waals surface area contributed by atoms with E-state index in [0.717, 1.165) is 64.2 Å². The van der Waals surface area contributed by atoms with Gasteiger partial charge in [-0.1, -0.05) is 165 Å². The van der Waals surface area contributed by atoms with Gasteiger partial charge in [0.15, 0.2) is 6.10 Å². The summed E-state index contributed by atoms with van der Waals surface area (Å²) in [4.78, 5) is 37.4. The fourth-order valence-electron chi connectivity index (χ4n) is 5.28. The third-order valence-corrected chi connectivity index (χ3v) is 8.35. The van der Waals surface area contributed by atoms with Crippen molar-refractivity contribution in [3.05, 3.63) is 60.8 Å². The molecule has 0 saturated carbocycles. The number of carbonyl (C=O) groups is 3. The van der Waals surface area contributed by atoms with Gasteiger partial charge in [-0.05, 0) is 57.8 Å². The molecule has 0 aromatic carbocycles. The second-order valence-corrected chi connectivity index (χ2v) is 13.3. The molecule has 0 saturated heterocycles. The Morgan fingerprint density at radius 1 is 0.420 bits per heavy atom. The van der Waals surface area contributed by atoms with Gasteiger partial charge in [-0.15, -0.1) is 0 Å².